The number of likely N-dealkylation sites (N-methyl/N-ethyl adjacent to an activating group) is 1. The number of carbonyl (C=O) groups is 2. The molecule has 0 saturated carbocycles. The molecule has 5 nitrogen and oxygen atoms in total. The van der Waals surface area contributed by atoms with Gasteiger partial charge in [-0.25, -0.2) is 0 Å². The van der Waals surface area contributed by atoms with Gasteiger partial charge in [0.25, 0.3) is 5.91 Å². The second-order valence-electron chi connectivity index (χ2n) is 4.69. The fraction of sp³-hybridized carbons (Fsp3) is 0.467. The van der Waals surface area contributed by atoms with Crippen LogP contribution in [0.15, 0.2) is 30.3 Å². The van der Waals surface area contributed by atoms with Gasteiger partial charge in [-0.05, 0) is 26.0 Å². The van der Waals surface area contributed by atoms with Gasteiger partial charge in [0.15, 0.2) is 6.10 Å². The van der Waals surface area contributed by atoms with Gasteiger partial charge in [0.05, 0.1) is 5.92 Å². The monoisotopic (exact) mass is 279 g/mol. The smallest absolute Gasteiger partial charge is 0.308 e. The summed E-state index contributed by atoms with van der Waals surface area (Å²) in [6.07, 6.45) is -0.640. The van der Waals surface area contributed by atoms with E-state index in [1.54, 1.807) is 26.0 Å². The molecule has 0 radical (unpaired) electrons. The Morgan fingerprint density at radius 2 is 1.85 bits per heavy atom. The Morgan fingerprint density at radius 1 is 1.25 bits per heavy atom. The average Bonchev–Trinajstić information content (AvgIpc) is 2.44. The number of carboxylic acids is 1. The maximum Gasteiger partial charge on any atom is 0.308 e. The fourth-order valence-corrected chi connectivity index (χ4v) is 1.79. The van der Waals surface area contributed by atoms with Crippen LogP contribution in [0.2, 0.25) is 0 Å². The molecule has 1 amide bonds. The molecule has 1 aromatic rings. The van der Waals surface area contributed by atoms with Crippen molar-refractivity contribution in [3.05, 3.63) is 30.3 Å². The van der Waals surface area contributed by atoms with E-state index >= 15 is 0 Å². The van der Waals surface area contributed by atoms with Crippen molar-refractivity contribution >= 4 is 11.9 Å². The number of nitrogens with zero attached hydrogens (tertiary/aromatic N) is 1. The number of amides is 1. The van der Waals surface area contributed by atoms with Gasteiger partial charge >= 0.3 is 5.97 Å². The highest BCUT2D eigenvalue weighted by atomic mass is 16.5. The number of hydrogen-bond donors (Lipinski definition) is 1. The fourth-order valence-electron chi connectivity index (χ4n) is 1.79. The third-order valence-corrected chi connectivity index (χ3v) is 3.01. The summed E-state index contributed by atoms with van der Waals surface area (Å²) < 4.78 is 5.56. The minimum atomic E-state index is -0.909. The predicted octanol–water partition coefficient (Wildman–Crippen LogP) is 2.02. The first kappa shape index (κ1) is 16.0. The molecule has 20 heavy (non-hydrogen) atoms. The average molecular weight is 279 g/mol. The molecule has 110 valence electrons. The molecule has 0 bridgehead atoms. The van der Waals surface area contributed by atoms with E-state index in [0.29, 0.717) is 12.3 Å². The van der Waals surface area contributed by atoms with Gasteiger partial charge in [-0.1, -0.05) is 25.1 Å². The van der Waals surface area contributed by atoms with E-state index in [-0.39, 0.29) is 12.5 Å². The maximum absolute atomic E-state index is 12.2. The lowest BCUT2D eigenvalue weighted by Crippen LogP contribution is -2.43. The van der Waals surface area contributed by atoms with E-state index in [2.05, 4.69) is 0 Å². The molecule has 1 N–H and O–H groups in total. The molecule has 0 aliphatic rings. The molecule has 0 heterocycles. The number of rotatable bonds is 7. The van der Waals surface area contributed by atoms with Crippen molar-refractivity contribution in [3.8, 4) is 5.75 Å². The molecule has 0 aliphatic carbocycles. The summed E-state index contributed by atoms with van der Waals surface area (Å²) in [6.45, 7) is 5.72. The number of para-hydroxylation sites is 1. The second-order valence-corrected chi connectivity index (χ2v) is 4.69. The molecule has 0 aromatic heterocycles. The number of benzene rings is 1. The zero-order valence-electron chi connectivity index (χ0n) is 12.1. The van der Waals surface area contributed by atoms with E-state index in [9.17, 15) is 9.59 Å². The van der Waals surface area contributed by atoms with Crippen LogP contribution in [-0.2, 0) is 9.59 Å². The highest BCUT2D eigenvalue weighted by Gasteiger charge is 2.24. The highest BCUT2D eigenvalue weighted by molar-refractivity contribution is 5.81. The molecular weight excluding hydrogens is 258 g/mol. The van der Waals surface area contributed by atoms with Crippen LogP contribution in [0.1, 0.15) is 20.8 Å². The van der Waals surface area contributed by atoms with E-state index < -0.39 is 18.0 Å². The van der Waals surface area contributed by atoms with Crippen molar-refractivity contribution in [2.75, 3.05) is 13.1 Å². The molecule has 1 aromatic carbocycles. The lowest BCUT2D eigenvalue weighted by atomic mass is 10.1. The van der Waals surface area contributed by atoms with Crippen LogP contribution in [0, 0.1) is 5.92 Å². The van der Waals surface area contributed by atoms with Gasteiger partial charge in [-0.2, -0.15) is 0 Å². The molecule has 2 unspecified atom stereocenters. The number of carboxylic acid groups (broad SMARTS) is 1. The lowest BCUT2D eigenvalue weighted by Gasteiger charge is -2.26. The van der Waals surface area contributed by atoms with Crippen LogP contribution in [0.5, 0.6) is 5.75 Å². The summed E-state index contributed by atoms with van der Waals surface area (Å²) >= 11 is 0. The van der Waals surface area contributed by atoms with Gasteiger partial charge in [-0.3, -0.25) is 9.59 Å². The zero-order valence-corrected chi connectivity index (χ0v) is 12.1. The van der Waals surface area contributed by atoms with Crippen molar-refractivity contribution in [1.82, 2.24) is 4.90 Å². The van der Waals surface area contributed by atoms with Crippen LogP contribution >= 0.6 is 0 Å². The molecule has 0 spiro atoms. The Balaban J connectivity index is 2.63. The van der Waals surface area contributed by atoms with Crippen molar-refractivity contribution in [2.24, 2.45) is 5.92 Å². The first-order chi connectivity index (χ1) is 9.45. The van der Waals surface area contributed by atoms with Gasteiger partial charge < -0.3 is 14.7 Å². The molecular formula is C15H21NO4. The Bertz CT molecular complexity index is 446. The molecule has 1 rings (SSSR count). The summed E-state index contributed by atoms with van der Waals surface area (Å²) in [4.78, 5) is 24.6. The number of hydrogen-bond acceptors (Lipinski definition) is 3. The largest absolute Gasteiger partial charge is 0.481 e. The Labute approximate surface area is 119 Å². The zero-order chi connectivity index (χ0) is 15.1. The van der Waals surface area contributed by atoms with Gasteiger partial charge in [0.2, 0.25) is 0 Å². The summed E-state index contributed by atoms with van der Waals surface area (Å²) in [6, 6.07) is 9.08. The standard InChI is InChI=1S/C15H21NO4/c1-4-16(10-11(2)15(18)19)14(17)12(3)20-13-8-6-5-7-9-13/h5-9,11-12H,4,10H2,1-3H3,(H,18,19). The van der Waals surface area contributed by atoms with E-state index in [4.69, 9.17) is 9.84 Å². The third kappa shape index (κ3) is 4.57. The van der Waals surface area contributed by atoms with E-state index in [1.165, 1.54) is 4.90 Å². The summed E-state index contributed by atoms with van der Waals surface area (Å²) in [5.41, 5.74) is 0. The normalized spacial score (nSPS) is 13.3. The minimum absolute atomic E-state index is 0.188. The first-order valence-electron chi connectivity index (χ1n) is 6.69. The molecule has 5 heteroatoms. The predicted molar refractivity (Wildman–Crippen MR) is 75.6 cm³/mol. The molecule has 0 saturated heterocycles. The van der Waals surface area contributed by atoms with Crippen LogP contribution in [-0.4, -0.2) is 41.1 Å². The van der Waals surface area contributed by atoms with Gasteiger partial charge in [0.1, 0.15) is 5.75 Å². The Morgan fingerprint density at radius 3 is 2.35 bits per heavy atom. The van der Waals surface area contributed by atoms with Crippen LogP contribution in [0.3, 0.4) is 0 Å². The highest BCUT2D eigenvalue weighted by Crippen LogP contribution is 2.12. The third-order valence-electron chi connectivity index (χ3n) is 3.01. The molecule has 0 fully saturated rings. The number of ether oxygens (including phenoxy) is 1. The summed E-state index contributed by atoms with van der Waals surface area (Å²) in [5, 5.41) is 8.91. The Kier molecular flexibility index (Phi) is 6.03. The van der Waals surface area contributed by atoms with Crippen LogP contribution in [0.25, 0.3) is 0 Å². The summed E-state index contributed by atoms with van der Waals surface area (Å²) in [7, 11) is 0. The Hall–Kier alpha value is -2.04. The second kappa shape index (κ2) is 7.53. The number of carbonyl (C=O) groups excluding carboxylic acids is 1. The van der Waals surface area contributed by atoms with Crippen molar-refractivity contribution in [3.63, 3.8) is 0 Å². The quantitative estimate of drug-likeness (QED) is 0.829. The van der Waals surface area contributed by atoms with Gasteiger partial charge in [0, 0.05) is 13.1 Å². The van der Waals surface area contributed by atoms with Crippen LogP contribution in [0.4, 0.5) is 0 Å². The van der Waals surface area contributed by atoms with E-state index in [1.807, 2.05) is 25.1 Å². The lowest BCUT2D eigenvalue weighted by molar-refractivity contribution is -0.144. The maximum atomic E-state index is 12.2. The summed E-state index contributed by atoms with van der Waals surface area (Å²) in [5.74, 6) is -1.09. The number of aliphatic carboxylic acids is 1. The van der Waals surface area contributed by atoms with Crippen molar-refractivity contribution in [1.29, 1.82) is 0 Å². The molecule has 2 atom stereocenters. The van der Waals surface area contributed by atoms with Gasteiger partial charge in [-0.15, -0.1) is 0 Å². The SMILES string of the molecule is CCN(CC(C)C(=O)O)C(=O)C(C)Oc1ccccc1. The topological polar surface area (TPSA) is 66.8 Å². The minimum Gasteiger partial charge on any atom is -0.481 e. The van der Waals surface area contributed by atoms with E-state index in [0.717, 1.165) is 0 Å². The van der Waals surface area contributed by atoms with Crippen LogP contribution < -0.4 is 4.74 Å². The van der Waals surface area contributed by atoms with Crippen molar-refractivity contribution < 1.29 is 19.4 Å². The first-order valence-corrected chi connectivity index (χ1v) is 6.69. The van der Waals surface area contributed by atoms with Crippen molar-refractivity contribution in [2.45, 2.75) is 26.9 Å². The molecule has 0 aliphatic heterocycles.